The van der Waals surface area contributed by atoms with Gasteiger partial charge in [-0.25, -0.2) is 0 Å². The second-order valence-electron chi connectivity index (χ2n) is 10.5. The van der Waals surface area contributed by atoms with Gasteiger partial charge in [-0.15, -0.1) is 0 Å². The van der Waals surface area contributed by atoms with E-state index in [4.69, 9.17) is 28.4 Å². The molecule has 36 heavy (non-hydrogen) atoms. The molecule has 0 radical (unpaired) electrons. The van der Waals surface area contributed by atoms with Crippen molar-refractivity contribution < 1.29 is 38.6 Å². The lowest BCUT2D eigenvalue weighted by Gasteiger charge is -2.35. The summed E-state index contributed by atoms with van der Waals surface area (Å²) in [5.41, 5.74) is 0. The van der Waals surface area contributed by atoms with Crippen molar-refractivity contribution in [3.05, 3.63) is 0 Å². The second kappa shape index (κ2) is 15.6. The van der Waals surface area contributed by atoms with E-state index < -0.39 is 12.2 Å². The molecular formula is C28H46O8. The maximum absolute atomic E-state index is 10.4. The van der Waals surface area contributed by atoms with Gasteiger partial charge >= 0.3 is 0 Å². The van der Waals surface area contributed by atoms with Crippen LogP contribution < -0.4 is 0 Å². The Morgan fingerprint density at radius 3 is 1.44 bits per heavy atom. The Balaban J connectivity index is 1.16. The van der Waals surface area contributed by atoms with Crippen LogP contribution in [0.5, 0.6) is 0 Å². The summed E-state index contributed by atoms with van der Waals surface area (Å²) in [7, 11) is 0. The summed E-state index contributed by atoms with van der Waals surface area (Å²) in [6.07, 6.45) is 10.5. The zero-order chi connectivity index (χ0) is 25.0. The van der Waals surface area contributed by atoms with Crippen LogP contribution in [0.3, 0.4) is 0 Å². The largest absolute Gasteiger partial charge is 0.380 e. The standard InChI is InChI=1S/C28H46O8/c29-21(13-15-23-25(7-5-19-31-23)35-27-9-1-3-17-33-27)11-12-22(30)14-16-24-26(8-6-20-32-24)36-28-10-2-4-18-34-28/h21-30H,1-10,13-20H2/t21?,22?,23-,24-,25+,26+,27?,28?/m1/s1. The SMILES string of the molecule is OC(C#CC(O)CC[C@H]1OCCC[C@@H]1OC1CCCCO1)CC[C@H]1OCCC[C@@H]1OC1CCCCO1. The summed E-state index contributed by atoms with van der Waals surface area (Å²) in [6, 6.07) is 0. The minimum absolute atomic E-state index is 0.00253. The van der Waals surface area contributed by atoms with Crippen LogP contribution in [0.25, 0.3) is 0 Å². The molecule has 8 heteroatoms. The Bertz CT molecular complexity index is 612. The monoisotopic (exact) mass is 510 g/mol. The fraction of sp³-hybridized carbons (Fsp3) is 0.929. The molecule has 0 amide bonds. The first-order valence-electron chi connectivity index (χ1n) is 14.3. The Kier molecular flexibility index (Phi) is 12.2. The van der Waals surface area contributed by atoms with Crippen molar-refractivity contribution in [1.29, 1.82) is 0 Å². The van der Waals surface area contributed by atoms with E-state index in [1.165, 1.54) is 0 Å². The predicted molar refractivity (Wildman–Crippen MR) is 133 cm³/mol. The molecule has 206 valence electrons. The molecule has 0 aromatic rings. The highest BCUT2D eigenvalue weighted by Crippen LogP contribution is 2.27. The Morgan fingerprint density at radius 2 is 1.03 bits per heavy atom. The van der Waals surface area contributed by atoms with Crippen LogP contribution in [-0.4, -0.2) is 85.8 Å². The van der Waals surface area contributed by atoms with Gasteiger partial charge in [0.15, 0.2) is 12.6 Å². The van der Waals surface area contributed by atoms with Gasteiger partial charge in [-0.2, -0.15) is 0 Å². The van der Waals surface area contributed by atoms with Gasteiger partial charge in [0.05, 0.1) is 24.4 Å². The minimum atomic E-state index is -0.804. The van der Waals surface area contributed by atoms with Crippen LogP contribution in [0.1, 0.15) is 89.9 Å². The van der Waals surface area contributed by atoms with Gasteiger partial charge in [-0.05, 0) is 89.9 Å². The van der Waals surface area contributed by atoms with Crippen molar-refractivity contribution in [3.63, 3.8) is 0 Å². The van der Waals surface area contributed by atoms with Crippen LogP contribution in [0, 0.1) is 11.8 Å². The normalized spacial score (nSPS) is 35.4. The summed E-state index contributed by atoms with van der Waals surface area (Å²) in [5, 5.41) is 20.8. The fourth-order valence-corrected chi connectivity index (χ4v) is 5.48. The molecule has 8 nitrogen and oxygen atoms in total. The lowest BCUT2D eigenvalue weighted by Crippen LogP contribution is -2.40. The first-order chi connectivity index (χ1) is 17.7. The molecular weight excluding hydrogens is 464 g/mol. The van der Waals surface area contributed by atoms with E-state index in [1.54, 1.807) is 0 Å². The Hall–Kier alpha value is -0.760. The molecule has 8 atom stereocenters. The molecule has 4 unspecified atom stereocenters. The molecule has 4 fully saturated rings. The van der Waals surface area contributed by atoms with E-state index in [-0.39, 0.29) is 37.0 Å². The molecule has 0 spiro atoms. The van der Waals surface area contributed by atoms with Crippen molar-refractivity contribution in [1.82, 2.24) is 0 Å². The first kappa shape index (κ1) is 28.3. The molecule has 4 saturated heterocycles. The summed E-state index contributed by atoms with van der Waals surface area (Å²) in [4.78, 5) is 0. The van der Waals surface area contributed by atoms with Gasteiger partial charge in [0, 0.05) is 26.4 Å². The predicted octanol–water partition coefficient (Wildman–Crippen LogP) is 3.45. The van der Waals surface area contributed by atoms with Crippen LogP contribution in [-0.2, 0) is 28.4 Å². The van der Waals surface area contributed by atoms with Crippen LogP contribution in [0.4, 0.5) is 0 Å². The third-order valence-electron chi connectivity index (χ3n) is 7.55. The van der Waals surface area contributed by atoms with Gasteiger partial charge < -0.3 is 38.6 Å². The zero-order valence-electron chi connectivity index (χ0n) is 21.7. The highest BCUT2D eigenvalue weighted by atomic mass is 16.7. The van der Waals surface area contributed by atoms with Crippen LogP contribution in [0.15, 0.2) is 0 Å². The van der Waals surface area contributed by atoms with Gasteiger partial charge in [-0.1, -0.05) is 11.8 Å². The van der Waals surface area contributed by atoms with Crippen LogP contribution >= 0.6 is 0 Å². The number of hydrogen-bond donors (Lipinski definition) is 2. The van der Waals surface area contributed by atoms with Crippen molar-refractivity contribution in [2.45, 2.75) is 139 Å². The number of aliphatic hydroxyl groups excluding tert-OH is 2. The smallest absolute Gasteiger partial charge is 0.158 e. The molecule has 4 rings (SSSR count). The van der Waals surface area contributed by atoms with E-state index >= 15 is 0 Å². The average molecular weight is 511 g/mol. The van der Waals surface area contributed by atoms with E-state index in [0.29, 0.717) is 25.7 Å². The van der Waals surface area contributed by atoms with E-state index in [0.717, 1.165) is 90.6 Å². The Labute approximate surface area is 216 Å². The van der Waals surface area contributed by atoms with Crippen molar-refractivity contribution in [2.75, 3.05) is 26.4 Å². The molecule has 4 aliphatic rings. The molecule has 0 bridgehead atoms. The first-order valence-corrected chi connectivity index (χ1v) is 14.3. The minimum Gasteiger partial charge on any atom is -0.380 e. The average Bonchev–Trinajstić information content (AvgIpc) is 2.92. The van der Waals surface area contributed by atoms with Crippen molar-refractivity contribution in [2.24, 2.45) is 0 Å². The summed E-state index contributed by atoms with van der Waals surface area (Å²) in [6.45, 7) is 2.96. The lowest BCUT2D eigenvalue weighted by atomic mass is 9.98. The van der Waals surface area contributed by atoms with Crippen molar-refractivity contribution in [3.8, 4) is 11.8 Å². The lowest BCUT2D eigenvalue weighted by molar-refractivity contribution is -0.224. The maximum atomic E-state index is 10.4. The van der Waals surface area contributed by atoms with E-state index in [9.17, 15) is 10.2 Å². The third-order valence-corrected chi connectivity index (χ3v) is 7.55. The van der Waals surface area contributed by atoms with E-state index in [1.807, 2.05) is 0 Å². The molecule has 0 aromatic heterocycles. The van der Waals surface area contributed by atoms with Gasteiger partial charge in [-0.3, -0.25) is 0 Å². The molecule has 4 aliphatic heterocycles. The highest BCUT2D eigenvalue weighted by Gasteiger charge is 2.31. The fourth-order valence-electron chi connectivity index (χ4n) is 5.48. The number of hydrogen-bond acceptors (Lipinski definition) is 8. The van der Waals surface area contributed by atoms with Gasteiger partial charge in [0.25, 0.3) is 0 Å². The van der Waals surface area contributed by atoms with Crippen molar-refractivity contribution >= 4 is 0 Å². The third kappa shape index (κ3) is 9.52. The summed E-state index contributed by atoms with van der Waals surface area (Å²) >= 11 is 0. The molecule has 0 aromatic carbocycles. The molecule has 2 N–H and O–H groups in total. The molecule has 4 heterocycles. The zero-order valence-corrected chi connectivity index (χ0v) is 21.7. The summed E-state index contributed by atoms with van der Waals surface area (Å²) < 4.78 is 35.7. The highest BCUT2D eigenvalue weighted by molar-refractivity contribution is 5.09. The molecule has 0 aliphatic carbocycles. The van der Waals surface area contributed by atoms with E-state index in [2.05, 4.69) is 11.8 Å². The van der Waals surface area contributed by atoms with Gasteiger partial charge in [0.1, 0.15) is 12.2 Å². The number of ether oxygens (including phenoxy) is 6. The summed E-state index contributed by atoms with van der Waals surface area (Å²) in [5.74, 6) is 5.65. The quantitative estimate of drug-likeness (QED) is 0.432. The Morgan fingerprint density at radius 1 is 0.583 bits per heavy atom. The molecule has 0 saturated carbocycles. The maximum Gasteiger partial charge on any atom is 0.158 e. The second-order valence-corrected chi connectivity index (χ2v) is 10.5. The number of rotatable bonds is 10. The topological polar surface area (TPSA) is 95.8 Å². The van der Waals surface area contributed by atoms with Crippen LogP contribution in [0.2, 0.25) is 0 Å². The number of aliphatic hydroxyl groups is 2. The van der Waals surface area contributed by atoms with Gasteiger partial charge in [0.2, 0.25) is 0 Å².